The zero-order valence-corrected chi connectivity index (χ0v) is 14.2. The lowest BCUT2D eigenvalue weighted by Gasteiger charge is -2.09. The van der Waals surface area contributed by atoms with E-state index in [4.69, 9.17) is 4.74 Å². The third-order valence-corrected chi connectivity index (χ3v) is 3.97. The van der Waals surface area contributed by atoms with Crippen molar-refractivity contribution >= 4 is 5.78 Å². The van der Waals surface area contributed by atoms with E-state index < -0.39 is 5.82 Å². The number of ketones is 1. The van der Waals surface area contributed by atoms with Crippen LogP contribution in [0.3, 0.4) is 0 Å². The maximum atomic E-state index is 13.0. The van der Waals surface area contributed by atoms with E-state index in [1.165, 1.54) is 24.3 Å². The van der Waals surface area contributed by atoms with Crippen LogP contribution in [0, 0.1) is 31.0 Å². The highest BCUT2D eigenvalue weighted by atomic mass is 19.1. The SMILES string of the molecule is Cc1nnc(Oc2ccc(C(=O)c3ccc(F)cc3)cc2)c(C#N)c1C. The number of hydrogen-bond acceptors (Lipinski definition) is 5. The molecular weight excluding hydrogens is 333 g/mol. The molecule has 0 aliphatic carbocycles. The summed E-state index contributed by atoms with van der Waals surface area (Å²) >= 11 is 0. The van der Waals surface area contributed by atoms with Gasteiger partial charge in [-0.05, 0) is 67.9 Å². The highest BCUT2D eigenvalue weighted by molar-refractivity contribution is 6.09. The number of carbonyl (C=O) groups is 1. The summed E-state index contributed by atoms with van der Waals surface area (Å²) in [6.07, 6.45) is 0. The van der Waals surface area contributed by atoms with Gasteiger partial charge in [0.2, 0.25) is 0 Å². The summed E-state index contributed by atoms with van der Waals surface area (Å²) in [5.74, 6) is -0.0729. The zero-order chi connectivity index (χ0) is 18.7. The molecule has 0 fully saturated rings. The molecule has 3 aromatic rings. The molecule has 1 aromatic heterocycles. The Morgan fingerprint density at radius 1 is 1.00 bits per heavy atom. The van der Waals surface area contributed by atoms with Crippen LogP contribution in [-0.4, -0.2) is 16.0 Å². The first-order chi connectivity index (χ1) is 12.5. The van der Waals surface area contributed by atoms with Gasteiger partial charge in [-0.3, -0.25) is 4.79 Å². The molecule has 0 saturated heterocycles. The van der Waals surface area contributed by atoms with Crippen molar-refractivity contribution in [2.24, 2.45) is 0 Å². The van der Waals surface area contributed by atoms with E-state index in [1.807, 2.05) is 0 Å². The van der Waals surface area contributed by atoms with Crippen LogP contribution in [0.1, 0.15) is 32.7 Å². The molecule has 0 saturated carbocycles. The number of nitriles is 1. The number of rotatable bonds is 4. The molecule has 0 unspecified atom stereocenters. The van der Waals surface area contributed by atoms with Crippen molar-refractivity contribution in [3.8, 4) is 17.7 Å². The van der Waals surface area contributed by atoms with Crippen LogP contribution in [0.4, 0.5) is 4.39 Å². The average Bonchev–Trinajstić information content (AvgIpc) is 2.66. The molecule has 0 spiro atoms. The van der Waals surface area contributed by atoms with Crippen molar-refractivity contribution in [3.63, 3.8) is 0 Å². The zero-order valence-electron chi connectivity index (χ0n) is 14.2. The van der Waals surface area contributed by atoms with Gasteiger partial charge in [-0.15, -0.1) is 5.10 Å². The summed E-state index contributed by atoms with van der Waals surface area (Å²) in [6.45, 7) is 3.54. The van der Waals surface area contributed by atoms with Gasteiger partial charge in [0.05, 0.1) is 5.69 Å². The van der Waals surface area contributed by atoms with Crippen LogP contribution in [0.2, 0.25) is 0 Å². The van der Waals surface area contributed by atoms with Crippen molar-refractivity contribution in [1.29, 1.82) is 5.26 Å². The second-order valence-corrected chi connectivity index (χ2v) is 5.66. The monoisotopic (exact) mass is 347 g/mol. The van der Waals surface area contributed by atoms with Gasteiger partial charge in [0, 0.05) is 11.1 Å². The predicted molar refractivity (Wildman–Crippen MR) is 92.6 cm³/mol. The van der Waals surface area contributed by atoms with E-state index in [-0.39, 0.29) is 11.7 Å². The van der Waals surface area contributed by atoms with Gasteiger partial charge >= 0.3 is 0 Å². The van der Waals surface area contributed by atoms with E-state index in [1.54, 1.807) is 38.1 Å². The summed E-state index contributed by atoms with van der Waals surface area (Å²) in [5.41, 5.74) is 2.53. The Morgan fingerprint density at radius 2 is 1.58 bits per heavy atom. The maximum Gasteiger partial charge on any atom is 0.257 e. The Labute approximate surface area is 149 Å². The number of aryl methyl sites for hydroxylation is 1. The van der Waals surface area contributed by atoms with E-state index in [2.05, 4.69) is 16.3 Å². The van der Waals surface area contributed by atoms with Gasteiger partial charge in [0.25, 0.3) is 5.88 Å². The standard InChI is InChI=1S/C20H14FN3O2/c1-12-13(2)23-24-20(18(12)11-22)26-17-9-5-15(6-10-17)19(25)14-3-7-16(21)8-4-14/h3-10H,1-2H3. The number of benzene rings is 2. The van der Waals surface area contributed by atoms with Crippen LogP contribution in [-0.2, 0) is 0 Å². The van der Waals surface area contributed by atoms with E-state index >= 15 is 0 Å². The fraction of sp³-hybridized carbons (Fsp3) is 0.100. The Bertz CT molecular complexity index is 1010. The maximum absolute atomic E-state index is 13.0. The molecule has 6 heteroatoms. The first kappa shape index (κ1) is 17.2. The molecule has 0 amide bonds. The fourth-order valence-corrected chi connectivity index (χ4v) is 2.34. The second kappa shape index (κ2) is 7.11. The summed E-state index contributed by atoms with van der Waals surface area (Å²) in [7, 11) is 0. The van der Waals surface area contributed by atoms with Crippen LogP contribution < -0.4 is 4.74 Å². The summed E-state index contributed by atoms with van der Waals surface area (Å²) in [5, 5.41) is 17.2. The van der Waals surface area contributed by atoms with Crippen molar-refractivity contribution in [1.82, 2.24) is 10.2 Å². The van der Waals surface area contributed by atoms with E-state index in [9.17, 15) is 14.4 Å². The van der Waals surface area contributed by atoms with E-state index in [0.717, 1.165) is 0 Å². The number of hydrogen-bond donors (Lipinski definition) is 0. The summed E-state index contributed by atoms with van der Waals surface area (Å²) in [4.78, 5) is 12.4. The van der Waals surface area contributed by atoms with Gasteiger partial charge in [0.15, 0.2) is 5.78 Å². The highest BCUT2D eigenvalue weighted by Crippen LogP contribution is 2.26. The Morgan fingerprint density at radius 3 is 2.15 bits per heavy atom. The smallest absolute Gasteiger partial charge is 0.257 e. The minimum atomic E-state index is -0.395. The van der Waals surface area contributed by atoms with Gasteiger partial charge in [-0.2, -0.15) is 10.4 Å². The van der Waals surface area contributed by atoms with Crippen LogP contribution >= 0.6 is 0 Å². The Balaban J connectivity index is 1.83. The molecule has 0 N–H and O–H groups in total. The molecule has 5 nitrogen and oxygen atoms in total. The average molecular weight is 347 g/mol. The second-order valence-electron chi connectivity index (χ2n) is 5.66. The number of carbonyl (C=O) groups excluding carboxylic acids is 1. The van der Waals surface area contributed by atoms with Crippen molar-refractivity contribution in [2.45, 2.75) is 13.8 Å². The van der Waals surface area contributed by atoms with Gasteiger partial charge < -0.3 is 4.74 Å². The molecule has 3 rings (SSSR count). The third kappa shape index (κ3) is 3.42. The molecular formula is C20H14FN3O2. The van der Waals surface area contributed by atoms with Crippen LogP contribution in [0.25, 0.3) is 0 Å². The van der Waals surface area contributed by atoms with Crippen molar-refractivity contribution < 1.29 is 13.9 Å². The number of nitrogens with zero attached hydrogens (tertiary/aromatic N) is 3. The third-order valence-electron chi connectivity index (χ3n) is 3.97. The van der Waals surface area contributed by atoms with Gasteiger partial charge in [-0.1, -0.05) is 0 Å². The van der Waals surface area contributed by atoms with Crippen LogP contribution in [0.15, 0.2) is 48.5 Å². The van der Waals surface area contributed by atoms with Crippen molar-refractivity contribution in [2.75, 3.05) is 0 Å². The van der Waals surface area contributed by atoms with Crippen molar-refractivity contribution in [3.05, 3.63) is 82.3 Å². The Kier molecular flexibility index (Phi) is 4.72. The summed E-state index contributed by atoms with van der Waals surface area (Å²) in [6, 6.07) is 13.8. The van der Waals surface area contributed by atoms with E-state index in [0.29, 0.717) is 33.7 Å². The lowest BCUT2D eigenvalue weighted by molar-refractivity contribution is 0.103. The first-order valence-electron chi connectivity index (χ1n) is 7.81. The number of ether oxygens (including phenoxy) is 1. The molecule has 1 heterocycles. The Hall–Kier alpha value is -3.59. The summed E-state index contributed by atoms with van der Waals surface area (Å²) < 4.78 is 18.6. The molecule has 128 valence electrons. The molecule has 26 heavy (non-hydrogen) atoms. The molecule has 0 aliphatic rings. The lowest BCUT2D eigenvalue weighted by atomic mass is 10.0. The molecule has 0 aliphatic heterocycles. The fourth-order valence-electron chi connectivity index (χ4n) is 2.34. The number of aromatic nitrogens is 2. The minimum absolute atomic E-state index is 0.119. The highest BCUT2D eigenvalue weighted by Gasteiger charge is 2.14. The molecule has 2 aromatic carbocycles. The van der Waals surface area contributed by atoms with Crippen LogP contribution in [0.5, 0.6) is 11.6 Å². The molecule has 0 bridgehead atoms. The number of halogens is 1. The normalized spacial score (nSPS) is 10.2. The first-order valence-corrected chi connectivity index (χ1v) is 7.81. The molecule has 0 atom stereocenters. The molecule has 0 radical (unpaired) electrons. The van der Waals surface area contributed by atoms with Gasteiger partial charge in [0.1, 0.15) is 23.2 Å². The predicted octanol–water partition coefficient (Wildman–Crippen LogP) is 4.13. The van der Waals surface area contributed by atoms with Gasteiger partial charge in [-0.25, -0.2) is 4.39 Å². The largest absolute Gasteiger partial charge is 0.437 e. The minimum Gasteiger partial charge on any atom is -0.437 e. The quantitative estimate of drug-likeness (QED) is 0.663. The lowest BCUT2D eigenvalue weighted by Crippen LogP contribution is -2.02. The topological polar surface area (TPSA) is 75.9 Å².